The lowest BCUT2D eigenvalue weighted by atomic mass is 10.1. The summed E-state index contributed by atoms with van der Waals surface area (Å²) in [4.78, 5) is 32.7. The topological polar surface area (TPSA) is 83.9 Å². The van der Waals surface area contributed by atoms with Crippen molar-refractivity contribution in [3.05, 3.63) is 96.6 Å². The minimum Gasteiger partial charge on any atom is -0.340 e. The molecule has 3 aromatic heterocycles. The van der Waals surface area contributed by atoms with Gasteiger partial charge in [0.1, 0.15) is 17.3 Å². The molecule has 1 aliphatic rings. The number of benzene rings is 1. The number of aromatic nitrogens is 4. The Kier molecular flexibility index (Phi) is 5.72. The number of nitrogens with zero attached hydrogens (tertiary/aromatic N) is 5. The van der Waals surface area contributed by atoms with E-state index >= 15 is 0 Å². The number of carbonyl (C=O) groups excluding carboxylic acids is 1. The Morgan fingerprint density at radius 1 is 1.00 bits per heavy atom. The maximum atomic E-state index is 13.7. The number of anilines is 2. The zero-order valence-corrected chi connectivity index (χ0v) is 17.7. The molecule has 0 unspecified atom stereocenters. The third-order valence-corrected chi connectivity index (χ3v) is 5.51. The van der Waals surface area contributed by atoms with Crippen molar-refractivity contribution in [1.82, 2.24) is 24.8 Å². The minimum absolute atomic E-state index is 0.143. The first-order chi connectivity index (χ1) is 16.2. The Morgan fingerprint density at radius 2 is 1.88 bits per heavy atom. The molecule has 1 N–H and O–H groups in total. The van der Waals surface area contributed by atoms with Crippen LogP contribution in [0.3, 0.4) is 0 Å². The summed E-state index contributed by atoms with van der Waals surface area (Å²) in [6, 6.07) is 16.7. The van der Waals surface area contributed by atoms with Gasteiger partial charge in [0.05, 0.1) is 11.7 Å². The molecule has 1 amide bonds. The molecule has 0 saturated carbocycles. The normalized spacial score (nSPS) is 15.4. The third kappa shape index (κ3) is 4.55. The van der Waals surface area contributed by atoms with Crippen LogP contribution < -0.4 is 5.32 Å². The van der Waals surface area contributed by atoms with Crippen molar-refractivity contribution >= 4 is 17.4 Å². The fraction of sp³-hybridized carbons (Fsp3) is 0.160. The number of likely N-dealkylation sites (tertiary alicyclic amines) is 1. The zero-order chi connectivity index (χ0) is 22.6. The Hall–Kier alpha value is -4.20. The lowest BCUT2D eigenvalue weighted by Gasteiger charge is -2.24. The van der Waals surface area contributed by atoms with Gasteiger partial charge in [-0.2, -0.15) is 0 Å². The van der Waals surface area contributed by atoms with Crippen molar-refractivity contribution in [3.63, 3.8) is 0 Å². The zero-order valence-electron chi connectivity index (χ0n) is 17.7. The predicted octanol–water partition coefficient (Wildman–Crippen LogP) is 4.79. The molecular weight excluding hydrogens is 419 g/mol. The second-order valence-electron chi connectivity index (χ2n) is 7.74. The van der Waals surface area contributed by atoms with Crippen LogP contribution in [0.15, 0.2) is 79.3 Å². The van der Waals surface area contributed by atoms with E-state index in [2.05, 4.69) is 15.3 Å². The van der Waals surface area contributed by atoms with Gasteiger partial charge in [0.25, 0.3) is 5.91 Å². The van der Waals surface area contributed by atoms with Gasteiger partial charge in [-0.15, -0.1) is 0 Å². The summed E-state index contributed by atoms with van der Waals surface area (Å²) in [5.41, 5.74) is 2.54. The highest BCUT2D eigenvalue weighted by Gasteiger charge is 2.33. The van der Waals surface area contributed by atoms with Crippen LogP contribution in [0.1, 0.15) is 35.2 Å². The smallest absolute Gasteiger partial charge is 0.273 e. The molecule has 5 rings (SSSR count). The van der Waals surface area contributed by atoms with Crippen molar-refractivity contribution in [1.29, 1.82) is 0 Å². The number of rotatable bonds is 5. The van der Waals surface area contributed by atoms with Crippen LogP contribution in [-0.4, -0.2) is 37.3 Å². The number of hydrogen-bond donors (Lipinski definition) is 1. The minimum atomic E-state index is -0.341. The Morgan fingerprint density at radius 3 is 2.67 bits per heavy atom. The quantitative estimate of drug-likeness (QED) is 0.480. The molecule has 4 heterocycles. The molecule has 0 aliphatic carbocycles. The Bertz CT molecular complexity index is 1270. The van der Waals surface area contributed by atoms with Gasteiger partial charge >= 0.3 is 0 Å². The largest absolute Gasteiger partial charge is 0.340 e. The van der Waals surface area contributed by atoms with E-state index in [-0.39, 0.29) is 17.8 Å². The SMILES string of the molecule is O=C(c1ccccn1)N1CCC[C@@H]1c1nc(Nc2cccc(F)c2)cc(-c2ccncc2)n1. The van der Waals surface area contributed by atoms with Crippen LogP contribution in [0.25, 0.3) is 11.3 Å². The fourth-order valence-corrected chi connectivity index (χ4v) is 3.98. The summed E-state index contributed by atoms with van der Waals surface area (Å²) in [5, 5.41) is 3.17. The van der Waals surface area contributed by atoms with Crippen LogP contribution in [-0.2, 0) is 0 Å². The van der Waals surface area contributed by atoms with E-state index in [1.54, 1.807) is 53.8 Å². The van der Waals surface area contributed by atoms with Crippen molar-refractivity contribution in [2.24, 2.45) is 0 Å². The van der Waals surface area contributed by atoms with Gasteiger partial charge in [-0.1, -0.05) is 12.1 Å². The van der Waals surface area contributed by atoms with E-state index in [0.717, 1.165) is 18.4 Å². The first kappa shape index (κ1) is 20.7. The first-order valence-electron chi connectivity index (χ1n) is 10.7. The number of amides is 1. The molecule has 1 fully saturated rings. The molecule has 1 aliphatic heterocycles. The van der Waals surface area contributed by atoms with Crippen molar-refractivity contribution < 1.29 is 9.18 Å². The van der Waals surface area contributed by atoms with E-state index in [0.29, 0.717) is 35.3 Å². The summed E-state index contributed by atoms with van der Waals surface area (Å²) < 4.78 is 13.7. The van der Waals surface area contributed by atoms with Crippen molar-refractivity contribution in [3.8, 4) is 11.3 Å². The van der Waals surface area contributed by atoms with Crippen LogP contribution in [0.5, 0.6) is 0 Å². The maximum Gasteiger partial charge on any atom is 0.273 e. The van der Waals surface area contributed by atoms with Gasteiger partial charge in [-0.05, 0) is 55.3 Å². The second-order valence-corrected chi connectivity index (χ2v) is 7.74. The lowest BCUT2D eigenvalue weighted by Crippen LogP contribution is -2.32. The number of nitrogens with one attached hydrogen (secondary N) is 1. The summed E-state index contributed by atoms with van der Waals surface area (Å²) in [6.07, 6.45) is 6.60. The van der Waals surface area contributed by atoms with Gasteiger partial charge in [0.15, 0.2) is 5.82 Å². The standard InChI is InChI=1S/C25H21FN6O/c26-18-5-3-6-19(15-18)29-23-16-21(17-9-12-27-13-10-17)30-24(31-23)22-8-4-14-32(22)25(33)20-7-1-2-11-28-20/h1-3,5-7,9-13,15-16,22H,4,8,14H2,(H,29,30,31)/t22-/m1/s1. The van der Waals surface area contributed by atoms with E-state index in [1.165, 1.54) is 12.1 Å². The van der Waals surface area contributed by atoms with Gasteiger partial charge < -0.3 is 10.2 Å². The highest BCUT2D eigenvalue weighted by atomic mass is 19.1. The average Bonchev–Trinajstić information content (AvgIpc) is 3.35. The molecule has 1 aromatic carbocycles. The van der Waals surface area contributed by atoms with Gasteiger partial charge in [0, 0.05) is 42.5 Å². The molecule has 0 bridgehead atoms. The Balaban J connectivity index is 1.53. The van der Waals surface area contributed by atoms with Gasteiger partial charge in [-0.3, -0.25) is 14.8 Å². The summed E-state index contributed by atoms with van der Waals surface area (Å²) in [5.74, 6) is 0.571. The average molecular weight is 440 g/mol. The van der Waals surface area contributed by atoms with E-state index < -0.39 is 0 Å². The molecular formula is C25H21FN6O. The fourth-order valence-electron chi connectivity index (χ4n) is 3.98. The van der Waals surface area contributed by atoms with E-state index in [9.17, 15) is 9.18 Å². The van der Waals surface area contributed by atoms with Crippen LogP contribution in [0, 0.1) is 5.82 Å². The summed E-state index contributed by atoms with van der Waals surface area (Å²) in [7, 11) is 0. The molecule has 1 saturated heterocycles. The third-order valence-electron chi connectivity index (χ3n) is 5.51. The Labute approximate surface area is 190 Å². The molecule has 1 atom stereocenters. The molecule has 164 valence electrons. The van der Waals surface area contributed by atoms with Crippen LogP contribution >= 0.6 is 0 Å². The van der Waals surface area contributed by atoms with Gasteiger partial charge in [0.2, 0.25) is 0 Å². The summed E-state index contributed by atoms with van der Waals surface area (Å²) >= 11 is 0. The molecule has 0 spiro atoms. The monoisotopic (exact) mass is 440 g/mol. The van der Waals surface area contributed by atoms with Crippen LogP contribution in [0.4, 0.5) is 15.9 Å². The molecule has 7 nitrogen and oxygen atoms in total. The molecule has 0 radical (unpaired) electrons. The molecule has 33 heavy (non-hydrogen) atoms. The molecule has 4 aromatic rings. The summed E-state index contributed by atoms with van der Waals surface area (Å²) in [6.45, 7) is 0.607. The predicted molar refractivity (Wildman–Crippen MR) is 122 cm³/mol. The number of hydrogen-bond acceptors (Lipinski definition) is 6. The van der Waals surface area contributed by atoms with E-state index in [4.69, 9.17) is 9.97 Å². The number of carbonyl (C=O) groups is 1. The van der Waals surface area contributed by atoms with Crippen molar-refractivity contribution in [2.75, 3.05) is 11.9 Å². The highest BCUT2D eigenvalue weighted by Crippen LogP contribution is 2.33. The number of pyridine rings is 2. The lowest BCUT2D eigenvalue weighted by molar-refractivity contribution is 0.0724. The first-order valence-corrected chi connectivity index (χ1v) is 10.7. The highest BCUT2D eigenvalue weighted by molar-refractivity contribution is 5.92. The van der Waals surface area contributed by atoms with Gasteiger partial charge in [-0.25, -0.2) is 14.4 Å². The maximum absolute atomic E-state index is 13.7. The van der Waals surface area contributed by atoms with E-state index in [1.807, 2.05) is 18.2 Å². The number of halogens is 1. The van der Waals surface area contributed by atoms with Crippen LogP contribution in [0.2, 0.25) is 0 Å². The van der Waals surface area contributed by atoms with Crippen molar-refractivity contribution in [2.45, 2.75) is 18.9 Å². The molecule has 8 heteroatoms. The second kappa shape index (κ2) is 9.12.